The molecule has 0 saturated carbocycles. The van der Waals surface area contributed by atoms with Gasteiger partial charge in [0.15, 0.2) is 0 Å². The van der Waals surface area contributed by atoms with Crippen molar-refractivity contribution < 1.29 is 14.4 Å². The molecular formula is C37H30BrN3O3S. The smallest absolute Gasteiger partial charge is 0.272 e. The van der Waals surface area contributed by atoms with Crippen molar-refractivity contribution in [2.24, 2.45) is 0 Å². The zero-order valence-corrected chi connectivity index (χ0v) is 26.8. The van der Waals surface area contributed by atoms with Gasteiger partial charge < -0.3 is 16.0 Å². The summed E-state index contributed by atoms with van der Waals surface area (Å²) in [5.74, 6) is -1.00. The summed E-state index contributed by atoms with van der Waals surface area (Å²) in [7, 11) is 0. The largest absolute Gasteiger partial charge is 0.324 e. The lowest BCUT2D eigenvalue weighted by atomic mass is 10.1. The third-order valence-electron chi connectivity index (χ3n) is 6.72. The zero-order chi connectivity index (χ0) is 31.6. The first kappa shape index (κ1) is 31.5. The maximum Gasteiger partial charge on any atom is 0.272 e. The van der Waals surface area contributed by atoms with Crippen molar-refractivity contribution in [3.8, 4) is 0 Å². The molecule has 5 aromatic rings. The summed E-state index contributed by atoms with van der Waals surface area (Å²) in [4.78, 5) is 40.7. The summed E-state index contributed by atoms with van der Waals surface area (Å²) in [5.41, 5.74) is 4.47. The fraction of sp³-hybridized carbons (Fsp3) is 0.0541. The van der Waals surface area contributed by atoms with E-state index in [1.54, 1.807) is 42.5 Å². The van der Waals surface area contributed by atoms with Crippen molar-refractivity contribution in [3.05, 3.63) is 166 Å². The molecule has 0 aliphatic heterocycles. The number of nitrogens with one attached hydrogen (secondary N) is 3. The van der Waals surface area contributed by atoms with Gasteiger partial charge in [-0.2, -0.15) is 0 Å². The van der Waals surface area contributed by atoms with Gasteiger partial charge in [-0.1, -0.05) is 90.5 Å². The van der Waals surface area contributed by atoms with E-state index in [0.29, 0.717) is 16.9 Å². The molecule has 6 nitrogen and oxygen atoms in total. The maximum absolute atomic E-state index is 13.5. The van der Waals surface area contributed by atoms with Crippen LogP contribution in [0.4, 0.5) is 11.4 Å². The van der Waals surface area contributed by atoms with E-state index in [1.165, 1.54) is 11.8 Å². The highest BCUT2D eigenvalue weighted by molar-refractivity contribution is 9.10. The van der Waals surface area contributed by atoms with E-state index in [1.807, 2.05) is 104 Å². The van der Waals surface area contributed by atoms with Gasteiger partial charge in [-0.15, -0.1) is 11.8 Å². The van der Waals surface area contributed by atoms with Crippen molar-refractivity contribution in [2.75, 3.05) is 10.6 Å². The fourth-order valence-corrected chi connectivity index (χ4v) is 5.89. The summed E-state index contributed by atoms with van der Waals surface area (Å²) in [5, 5.41) is 8.17. The number of rotatable bonds is 10. The number of benzene rings is 5. The van der Waals surface area contributed by atoms with E-state index >= 15 is 0 Å². The molecule has 0 heterocycles. The number of aryl methyl sites for hydroxylation is 1. The molecule has 0 saturated heterocycles. The third-order valence-corrected chi connectivity index (χ3v) is 8.68. The van der Waals surface area contributed by atoms with Gasteiger partial charge in [-0.3, -0.25) is 14.4 Å². The van der Waals surface area contributed by atoms with Gasteiger partial charge in [0.2, 0.25) is 5.91 Å². The van der Waals surface area contributed by atoms with Crippen LogP contribution in [0.15, 0.2) is 149 Å². The molecule has 45 heavy (non-hydrogen) atoms. The second kappa shape index (κ2) is 15.2. The molecule has 0 aliphatic rings. The third kappa shape index (κ3) is 8.81. The molecule has 3 N–H and O–H groups in total. The van der Waals surface area contributed by atoms with Gasteiger partial charge >= 0.3 is 0 Å². The molecule has 5 rings (SSSR count). The maximum atomic E-state index is 13.5. The summed E-state index contributed by atoms with van der Waals surface area (Å²) >= 11 is 4.91. The number of halogens is 1. The van der Waals surface area contributed by atoms with E-state index in [-0.39, 0.29) is 17.5 Å². The number of thioether (sulfide) groups is 1. The van der Waals surface area contributed by atoms with E-state index < -0.39 is 11.2 Å². The Balaban J connectivity index is 1.33. The zero-order valence-electron chi connectivity index (χ0n) is 24.4. The molecule has 8 heteroatoms. The van der Waals surface area contributed by atoms with Crippen molar-refractivity contribution in [3.63, 3.8) is 0 Å². The fourth-order valence-electron chi connectivity index (χ4n) is 4.48. The van der Waals surface area contributed by atoms with Crippen molar-refractivity contribution in [1.82, 2.24) is 5.32 Å². The van der Waals surface area contributed by atoms with E-state index in [2.05, 4.69) is 31.9 Å². The molecule has 1 unspecified atom stereocenters. The molecular weight excluding hydrogens is 646 g/mol. The average molecular weight is 677 g/mol. The van der Waals surface area contributed by atoms with Gasteiger partial charge in [-0.05, 0) is 88.6 Å². The molecule has 5 aromatic carbocycles. The van der Waals surface area contributed by atoms with E-state index in [4.69, 9.17) is 0 Å². The van der Waals surface area contributed by atoms with Crippen molar-refractivity contribution in [1.29, 1.82) is 0 Å². The van der Waals surface area contributed by atoms with Crippen LogP contribution in [0.1, 0.15) is 32.3 Å². The first-order chi connectivity index (χ1) is 21.9. The Morgan fingerprint density at radius 3 is 2.09 bits per heavy atom. The Kier molecular flexibility index (Phi) is 10.6. The van der Waals surface area contributed by atoms with Gasteiger partial charge in [-0.25, -0.2) is 0 Å². The molecule has 0 radical (unpaired) electrons. The molecule has 0 aliphatic carbocycles. The second-order valence-electron chi connectivity index (χ2n) is 10.1. The first-order valence-corrected chi connectivity index (χ1v) is 15.9. The Labute approximate surface area is 275 Å². The van der Waals surface area contributed by atoms with Crippen LogP contribution in [-0.2, 0) is 9.59 Å². The van der Waals surface area contributed by atoms with Crippen molar-refractivity contribution >= 4 is 62.9 Å². The average Bonchev–Trinajstić information content (AvgIpc) is 3.06. The minimum atomic E-state index is -0.518. The monoisotopic (exact) mass is 675 g/mol. The van der Waals surface area contributed by atoms with Crippen LogP contribution >= 0.6 is 27.7 Å². The van der Waals surface area contributed by atoms with Crippen LogP contribution in [0.3, 0.4) is 0 Å². The van der Waals surface area contributed by atoms with Gasteiger partial charge in [0, 0.05) is 20.6 Å². The lowest BCUT2D eigenvalue weighted by molar-refractivity contribution is -0.116. The number of para-hydroxylation sites is 1. The summed E-state index contributed by atoms with van der Waals surface area (Å²) in [6.45, 7) is 1.96. The SMILES string of the molecule is Cc1cccc(/C=C(\NC(=O)c2ccccc2)C(=O)Nc2ccc(SC(C(=O)Nc3ccccc3Br)c3ccccc3)cc2)c1. The quantitative estimate of drug-likeness (QED) is 0.102. The highest BCUT2D eigenvalue weighted by Gasteiger charge is 2.23. The molecule has 0 fully saturated rings. The molecule has 224 valence electrons. The topological polar surface area (TPSA) is 87.3 Å². The Bertz CT molecular complexity index is 1830. The molecule has 0 spiro atoms. The standard InChI is InChI=1S/C37H30BrN3O3S/c1-25-11-10-12-26(23-25)24-33(41-35(42)28-15-6-3-7-16-28)36(43)39-29-19-21-30(22-20-29)45-34(27-13-4-2-5-14-27)37(44)40-32-18-9-8-17-31(32)38/h2-24,34H,1H3,(H,39,43)(H,40,44)(H,41,42)/b33-24-. The minimum absolute atomic E-state index is 0.112. The van der Waals surface area contributed by atoms with Crippen LogP contribution in [0.2, 0.25) is 0 Å². The van der Waals surface area contributed by atoms with E-state index in [9.17, 15) is 14.4 Å². The van der Waals surface area contributed by atoms with Crippen LogP contribution in [0.25, 0.3) is 6.08 Å². The summed E-state index contributed by atoms with van der Waals surface area (Å²) in [6, 6.07) is 40.7. The minimum Gasteiger partial charge on any atom is -0.324 e. The lowest BCUT2D eigenvalue weighted by Crippen LogP contribution is -2.30. The van der Waals surface area contributed by atoms with Crippen LogP contribution in [-0.4, -0.2) is 17.7 Å². The highest BCUT2D eigenvalue weighted by atomic mass is 79.9. The molecule has 0 aromatic heterocycles. The normalized spacial score (nSPS) is 11.7. The Morgan fingerprint density at radius 1 is 0.733 bits per heavy atom. The van der Waals surface area contributed by atoms with Gasteiger partial charge in [0.1, 0.15) is 10.9 Å². The lowest BCUT2D eigenvalue weighted by Gasteiger charge is -2.18. The number of anilines is 2. The van der Waals surface area contributed by atoms with Crippen LogP contribution in [0.5, 0.6) is 0 Å². The van der Waals surface area contributed by atoms with Crippen LogP contribution in [0, 0.1) is 6.92 Å². The summed E-state index contributed by atoms with van der Waals surface area (Å²) < 4.78 is 0.797. The second-order valence-corrected chi connectivity index (χ2v) is 12.2. The van der Waals surface area contributed by atoms with Crippen molar-refractivity contribution in [2.45, 2.75) is 17.1 Å². The van der Waals surface area contributed by atoms with Gasteiger partial charge in [0.05, 0.1) is 5.69 Å². The van der Waals surface area contributed by atoms with Gasteiger partial charge in [0.25, 0.3) is 11.8 Å². The van der Waals surface area contributed by atoms with E-state index in [0.717, 1.165) is 26.1 Å². The predicted molar refractivity (Wildman–Crippen MR) is 186 cm³/mol. The Morgan fingerprint density at radius 2 is 1.40 bits per heavy atom. The number of hydrogen-bond acceptors (Lipinski definition) is 4. The predicted octanol–water partition coefficient (Wildman–Crippen LogP) is 8.64. The van der Waals surface area contributed by atoms with Crippen LogP contribution < -0.4 is 16.0 Å². The molecule has 3 amide bonds. The summed E-state index contributed by atoms with van der Waals surface area (Å²) in [6.07, 6.45) is 1.65. The molecule has 1 atom stereocenters. The number of carbonyl (C=O) groups excluding carboxylic acids is 3. The highest BCUT2D eigenvalue weighted by Crippen LogP contribution is 2.37. The molecule has 0 bridgehead atoms. The number of carbonyl (C=O) groups is 3. The first-order valence-electron chi connectivity index (χ1n) is 14.2. The number of amides is 3. The Hall–Kier alpha value is -4.92. The number of hydrogen-bond donors (Lipinski definition) is 3.